The van der Waals surface area contributed by atoms with Crippen molar-refractivity contribution in [2.45, 2.75) is 39.0 Å². The largest absolute Gasteiger partial charge is 0.353 e. The van der Waals surface area contributed by atoms with Gasteiger partial charge in [0.2, 0.25) is 15.9 Å². The van der Waals surface area contributed by atoms with E-state index in [0.717, 1.165) is 34.5 Å². The highest BCUT2D eigenvalue weighted by molar-refractivity contribution is 7.98. The number of carbonyl (C=O) groups excluding carboxylic acids is 1. The second kappa shape index (κ2) is 11.1. The second-order valence-electron chi connectivity index (χ2n) is 7.22. The van der Waals surface area contributed by atoms with E-state index in [2.05, 4.69) is 5.32 Å². The van der Waals surface area contributed by atoms with Crippen molar-refractivity contribution in [2.24, 2.45) is 0 Å². The van der Waals surface area contributed by atoms with Crippen LogP contribution >= 0.6 is 23.4 Å². The Morgan fingerprint density at radius 1 is 1.17 bits per heavy atom. The van der Waals surface area contributed by atoms with Gasteiger partial charge in [0.15, 0.2) is 0 Å². The van der Waals surface area contributed by atoms with E-state index in [1.165, 1.54) is 4.31 Å². The molecule has 0 aromatic heterocycles. The zero-order chi connectivity index (χ0) is 22.3. The summed E-state index contributed by atoms with van der Waals surface area (Å²) in [5, 5.41) is 3.60. The topological polar surface area (TPSA) is 66.5 Å². The van der Waals surface area contributed by atoms with Crippen LogP contribution in [-0.4, -0.2) is 38.9 Å². The SMILES string of the molecule is CCC(C(=O)NCCSCc1cccc(Cl)c1)N(c1ccc(C)c(C)c1)S(C)(=O)=O. The number of carbonyl (C=O) groups is 1. The standard InChI is InChI=1S/C22H29ClN2O3S2/c1-5-21(25(30(4,27)28)20-10-9-16(2)17(3)13-20)22(26)24-11-12-29-15-18-7-6-8-19(23)14-18/h6-10,13-14,21H,5,11-12,15H2,1-4H3,(H,24,26). The quantitative estimate of drug-likeness (QED) is 0.519. The summed E-state index contributed by atoms with van der Waals surface area (Å²) in [6, 6.07) is 12.3. The number of nitrogens with one attached hydrogen (secondary N) is 1. The molecule has 30 heavy (non-hydrogen) atoms. The number of hydrogen-bond donors (Lipinski definition) is 1. The first kappa shape index (κ1) is 24.6. The van der Waals surface area contributed by atoms with Crippen LogP contribution in [0.4, 0.5) is 5.69 Å². The first-order chi connectivity index (χ1) is 14.1. The Labute approximate surface area is 189 Å². The highest BCUT2D eigenvalue weighted by Gasteiger charge is 2.31. The fourth-order valence-corrected chi connectivity index (χ4v) is 5.33. The van der Waals surface area contributed by atoms with Gasteiger partial charge < -0.3 is 5.32 Å². The molecule has 0 heterocycles. The average molecular weight is 469 g/mol. The molecule has 2 rings (SSSR count). The summed E-state index contributed by atoms with van der Waals surface area (Å²) in [7, 11) is -3.62. The van der Waals surface area contributed by atoms with Crippen LogP contribution in [0.5, 0.6) is 0 Å². The maximum absolute atomic E-state index is 12.8. The van der Waals surface area contributed by atoms with Gasteiger partial charge >= 0.3 is 0 Å². The lowest BCUT2D eigenvalue weighted by atomic mass is 10.1. The molecular weight excluding hydrogens is 440 g/mol. The van der Waals surface area contributed by atoms with Gasteiger partial charge in [-0.2, -0.15) is 11.8 Å². The molecule has 0 aliphatic carbocycles. The molecule has 1 N–H and O–H groups in total. The smallest absolute Gasteiger partial charge is 0.243 e. The van der Waals surface area contributed by atoms with Crippen LogP contribution in [0, 0.1) is 13.8 Å². The van der Waals surface area contributed by atoms with E-state index in [1.54, 1.807) is 17.8 Å². The number of thioether (sulfide) groups is 1. The van der Waals surface area contributed by atoms with Gasteiger partial charge in [0.25, 0.3) is 0 Å². The van der Waals surface area contributed by atoms with Gasteiger partial charge in [-0.25, -0.2) is 8.42 Å². The number of hydrogen-bond acceptors (Lipinski definition) is 4. The number of amides is 1. The van der Waals surface area contributed by atoms with Gasteiger partial charge in [0, 0.05) is 23.1 Å². The second-order valence-corrected chi connectivity index (χ2v) is 10.6. The van der Waals surface area contributed by atoms with E-state index >= 15 is 0 Å². The third-order valence-corrected chi connectivity index (χ3v) is 7.22. The van der Waals surface area contributed by atoms with E-state index < -0.39 is 16.1 Å². The molecule has 2 aromatic rings. The molecule has 0 saturated heterocycles. The van der Waals surface area contributed by atoms with E-state index in [-0.39, 0.29) is 5.91 Å². The van der Waals surface area contributed by atoms with Gasteiger partial charge in [-0.15, -0.1) is 0 Å². The van der Waals surface area contributed by atoms with Gasteiger partial charge in [-0.1, -0.05) is 36.7 Å². The zero-order valence-electron chi connectivity index (χ0n) is 17.8. The predicted molar refractivity (Wildman–Crippen MR) is 128 cm³/mol. The summed E-state index contributed by atoms with van der Waals surface area (Å²) in [5.41, 5.74) is 3.69. The molecule has 2 aromatic carbocycles. The van der Waals surface area contributed by atoms with Crippen molar-refractivity contribution in [3.05, 3.63) is 64.2 Å². The van der Waals surface area contributed by atoms with Gasteiger partial charge in [-0.3, -0.25) is 9.10 Å². The number of nitrogens with zero attached hydrogens (tertiary/aromatic N) is 1. The fourth-order valence-electron chi connectivity index (χ4n) is 3.10. The molecule has 0 spiro atoms. The Kier molecular flexibility index (Phi) is 9.07. The van der Waals surface area contributed by atoms with Gasteiger partial charge in [0.05, 0.1) is 11.9 Å². The Balaban J connectivity index is 2.00. The summed E-state index contributed by atoms with van der Waals surface area (Å²) in [4.78, 5) is 12.8. The summed E-state index contributed by atoms with van der Waals surface area (Å²) in [6.07, 6.45) is 1.51. The van der Waals surface area contributed by atoms with Crippen molar-refractivity contribution in [3.63, 3.8) is 0 Å². The third kappa shape index (κ3) is 6.93. The molecule has 164 valence electrons. The summed E-state index contributed by atoms with van der Waals surface area (Å²) in [6.45, 7) is 6.18. The van der Waals surface area contributed by atoms with E-state index in [9.17, 15) is 13.2 Å². The number of sulfonamides is 1. The lowest BCUT2D eigenvalue weighted by molar-refractivity contribution is -0.122. The van der Waals surface area contributed by atoms with Crippen LogP contribution in [-0.2, 0) is 20.6 Å². The van der Waals surface area contributed by atoms with Gasteiger partial charge in [0.1, 0.15) is 6.04 Å². The maximum Gasteiger partial charge on any atom is 0.243 e. The number of halogens is 1. The molecule has 0 fully saturated rings. The maximum atomic E-state index is 12.8. The first-order valence-electron chi connectivity index (χ1n) is 9.80. The predicted octanol–water partition coefficient (Wildman–Crippen LogP) is 4.55. The molecule has 0 aliphatic rings. The molecule has 1 atom stereocenters. The average Bonchev–Trinajstić information content (AvgIpc) is 2.67. The highest BCUT2D eigenvalue weighted by atomic mass is 35.5. The van der Waals surface area contributed by atoms with Crippen LogP contribution in [0.2, 0.25) is 5.02 Å². The van der Waals surface area contributed by atoms with E-state index in [1.807, 2.05) is 57.2 Å². The lowest BCUT2D eigenvalue weighted by Gasteiger charge is -2.30. The lowest BCUT2D eigenvalue weighted by Crippen LogP contribution is -2.49. The highest BCUT2D eigenvalue weighted by Crippen LogP contribution is 2.25. The molecule has 1 amide bonds. The summed E-state index contributed by atoms with van der Waals surface area (Å²) >= 11 is 7.68. The van der Waals surface area contributed by atoms with E-state index in [0.29, 0.717) is 23.7 Å². The summed E-state index contributed by atoms with van der Waals surface area (Å²) < 4.78 is 26.3. The zero-order valence-corrected chi connectivity index (χ0v) is 20.2. The Morgan fingerprint density at radius 2 is 1.90 bits per heavy atom. The van der Waals surface area contributed by atoms with E-state index in [4.69, 9.17) is 11.6 Å². The van der Waals surface area contributed by atoms with Crippen LogP contribution in [0.15, 0.2) is 42.5 Å². The minimum absolute atomic E-state index is 0.287. The van der Waals surface area contributed by atoms with Crippen molar-refractivity contribution < 1.29 is 13.2 Å². The van der Waals surface area contributed by atoms with Crippen molar-refractivity contribution in [1.29, 1.82) is 0 Å². The number of benzene rings is 2. The first-order valence-corrected chi connectivity index (χ1v) is 13.2. The van der Waals surface area contributed by atoms with Crippen LogP contribution in [0.25, 0.3) is 0 Å². The Bertz CT molecular complexity index is 980. The summed E-state index contributed by atoms with van der Waals surface area (Å²) in [5.74, 6) is 1.23. The minimum Gasteiger partial charge on any atom is -0.353 e. The molecule has 0 aliphatic heterocycles. The van der Waals surface area contributed by atoms with Gasteiger partial charge in [-0.05, 0) is 61.2 Å². The minimum atomic E-state index is -3.62. The molecule has 1 unspecified atom stereocenters. The van der Waals surface area contributed by atoms with Crippen molar-refractivity contribution >= 4 is 45.0 Å². The molecule has 8 heteroatoms. The molecule has 0 bridgehead atoms. The van der Waals surface area contributed by atoms with Crippen LogP contribution in [0.1, 0.15) is 30.0 Å². The molecular formula is C22H29ClN2O3S2. The molecule has 0 radical (unpaired) electrons. The number of aryl methyl sites for hydroxylation is 2. The van der Waals surface area contributed by atoms with Crippen molar-refractivity contribution in [1.82, 2.24) is 5.32 Å². The monoisotopic (exact) mass is 468 g/mol. The van der Waals surface area contributed by atoms with Crippen molar-refractivity contribution in [2.75, 3.05) is 22.9 Å². The number of anilines is 1. The fraction of sp³-hybridized carbons (Fsp3) is 0.409. The van der Waals surface area contributed by atoms with Crippen LogP contribution < -0.4 is 9.62 Å². The Hall–Kier alpha value is -1.70. The number of rotatable bonds is 10. The molecule has 5 nitrogen and oxygen atoms in total. The van der Waals surface area contributed by atoms with Crippen LogP contribution in [0.3, 0.4) is 0 Å². The third-order valence-electron chi connectivity index (χ3n) is 4.78. The normalized spacial score (nSPS) is 12.4. The Morgan fingerprint density at radius 3 is 2.50 bits per heavy atom. The van der Waals surface area contributed by atoms with Crippen molar-refractivity contribution in [3.8, 4) is 0 Å². The molecule has 0 saturated carbocycles.